The van der Waals surface area contributed by atoms with Gasteiger partial charge in [0.05, 0.1) is 29.0 Å². The lowest BCUT2D eigenvalue weighted by molar-refractivity contribution is -0.122. The second kappa shape index (κ2) is 8.55. The van der Waals surface area contributed by atoms with E-state index in [9.17, 15) is 4.79 Å². The number of carbonyl (C=O) groups excluding carboxylic acids is 1. The average Bonchev–Trinajstić information content (AvgIpc) is 2.52. The van der Waals surface area contributed by atoms with Crippen LogP contribution in [0.25, 0.3) is 11.0 Å². The Kier molecular flexibility index (Phi) is 6.43. The predicted octanol–water partition coefficient (Wildman–Crippen LogP) is 1.52. The molecule has 6 nitrogen and oxygen atoms in total. The molecule has 1 aromatic heterocycles. The quantitative estimate of drug-likeness (QED) is 0.748. The number of amides is 1. The van der Waals surface area contributed by atoms with Gasteiger partial charge < -0.3 is 10.1 Å². The molecule has 2 aromatic rings. The zero-order chi connectivity index (χ0) is 16.7. The van der Waals surface area contributed by atoms with Crippen LogP contribution in [0.1, 0.15) is 17.8 Å². The number of benzene rings is 1. The lowest BCUT2D eigenvalue weighted by Gasteiger charge is -2.17. The number of aryl methyl sites for hydroxylation is 1. The second-order valence-electron chi connectivity index (χ2n) is 5.61. The molecular formula is C17H24N4O2. The summed E-state index contributed by atoms with van der Waals surface area (Å²) in [7, 11) is 3.56. The molecule has 6 heteroatoms. The fraction of sp³-hybridized carbons (Fsp3) is 0.471. The molecule has 0 bridgehead atoms. The largest absolute Gasteiger partial charge is 0.385 e. The molecule has 0 radical (unpaired) electrons. The zero-order valence-electron chi connectivity index (χ0n) is 14.0. The van der Waals surface area contributed by atoms with Crippen molar-refractivity contribution in [3.8, 4) is 0 Å². The van der Waals surface area contributed by atoms with E-state index >= 15 is 0 Å². The standard InChI is InChI=1S/C17H24N4O2/c1-13-16(20-15-8-5-4-7-14(15)19-13)11-21(2)12-17(22)18-9-6-10-23-3/h4-5,7-8H,6,9-12H2,1-3H3,(H,18,22). The van der Waals surface area contributed by atoms with Crippen molar-refractivity contribution in [2.24, 2.45) is 0 Å². The summed E-state index contributed by atoms with van der Waals surface area (Å²) in [6, 6.07) is 7.81. The fourth-order valence-corrected chi connectivity index (χ4v) is 2.33. The molecule has 124 valence electrons. The van der Waals surface area contributed by atoms with Gasteiger partial charge in [-0.2, -0.15) is 0 Å². The molecule has 0 aliphatic carbocycles. The number of ether oxygens (including phenoxy) is 1. The van der Waals surface area contributed by atoms with Crippen LogP contribution < -0.4 is 5.32 Å². The summed E-state index contributed by atoms with van der Waals surface area (Å²) in [6.07, 6.45) is 0.821. The van der Waals surface area contributed by atoms with Crippen molar-refractivity contribution in [2.75, 3.05) is 33.9 Å². The normalized spacial score (nSPS) is 11.1. The van der Waals surface area contributed by atoms with Gasteiger partial charge in [-0.3, -0.25) is 9.69 Å². The predicted molar refractivity (Wildman–Crippen MR) is 90.1 cm³/mol. The molecule has 0 fully saturated rings. The van der Waals surface area contributed by atoms with E-state index in [-0.39, 0.29) is 5.91 Å². The van der Waals surface area contributed by atoms with E-state index in [4.69, 9.17) is 4.74 Å². The van der Waals surface area contributed by atoms with Crippen LogP contribution in [0.3, 0.4) is 0 Å². The van der Waals surface area contributed by atoms with Gasteiger partial charge in [-0.15, -0.1) is 0 Å². The highest BCUT2D eigenvalue weighted by atomic mass is 16.5. The Morgan fingerprint density at radius 3 is 2.65 bits per heavy atom. The highest BCUT2D eigenvalue weighted by Gasteiger charge is 2.11. The van der Waals surface area contributed by atoms with E-state index in [1.54, 1.807) is 7.11 Å². The molecule has 1 aromatic carbocycles. The number of nitrogens with one attached hydrogen (secondary N) is 1. The van der Waals surface area contributed by atoms with Gasteiger partial charge in [0.15, 0.2) is 0 Å². The first-order valence-electron chi connectivity index (χ1n) is 7.76. The molecular weight excluding hydrogens is 292 g/mol. The van der Waals surface area contributed by atoms with Crippen LogP contribution in [0.15, 0.2) is 24.3 Å². The first kappa shape index (κ1) is 17.3. The molecule has 0 saturated carbocycles. The number of carbonyl (C=O) groups is 1. The summed E-state index contributed by atoms with van der Waals surface area (Å²) in [5, 5.41) is 2.88. The Bertz CT molecular complexity index is 660. The van der Waals surface area contributed by atoms with E-state index in [2.05, 4.69) is 15.3 Å². The summed E-state index contributed by atoms with van der Waals surface area (Å²) in [5.74, 6) is 0.00926. The zero-order valence-corrected chi connectivity index (χ0v) is 14.0. The minimum atomic E-state index is 0.00926. The number of nitrogens with zero attached hydrogens (tertiary/aromatic N) is 3. The molecule has 1 heterocycles. The lowest BCUT2D eigenvalue weighted by atomic mass is 10.2. The van der Waals surface area contributed by atoms with Crippen molar-refractivity contribution < 1.29 is 9.53 Å². The van der Waals surface area contributed by atoms with E-state index in [0.717, 1.165) is 28.8 Å². The van der Waals surface area contributed by atoms with Crippen LogP contribution in [0.4, 0.5) is 0 Å². The minimum Gasteiger partial charge on any atom is -0.385 e. The van der Waals surface area contributed by atoms with Gasteiger partial charge >= 0.3 is 0 Å². The van der Waals surface area contributed by atoms with Crippen molar-refractivity contribution in [1.29, 1.82) is 0 Å². The van der Waals surface area contributed by atoms with Crippen LogP contribution in [0.2, 0.25) is 0 Å². The Labute approximate surface area is 136 Å². The van der Waals surface area contributed by atoms with E-state index in [1.807, 2.05) is 43.1 Å². The van der Waals surface area contributed by atoms with Crippen LogP contribution in [-0.2, 0) is 16.1 Å². The number of rotatable bonds is 8. The van der Waals surface area contributed by atoms with Gasteiger partial charge in [0.1, 0.15) is 0 Å². The molecule has 0 unspecified atom stereocenters. The Hall–Kier alpha value is -2.05. The highest BCUT2D eigenvalue weighted by molar-refractivity contribution is 5.78. The summed E-state index contributed by atoms with van der Waals surface area (Å²) in [6.45, 7) is 4.17. The van der Waals surface area contributed by atoms with E-state index in [0.29, 0.717) is 26.2 Å². The molecule has 2 rings (SSSR count). The van der Waals surface area contributed by atoms with Crippen LogP contribution in [0.5, 0.6) is 0 Å². The van der Waals surface area contributed by atoms with Crippen LogP contribution in [0, 0.1) is 6.92 Å². The van der Waals surface area contributed by atoms with Crippen molar-refractivity contribution in [2.45, 2.75) is 19.9 Å². The number of fused-ring (bicyclic) bond motifs is 1. The van der Waals surface area contributed by atoms with E-state index < -0.39 is 0 Å². The smallest absolute Gasteiger partial charge is 0.234 e. The number of hydrogen-bond acceptors (Lipinski definition) is 5. The van der Waals surface area contributed by atoms with Crippen LogP contribution in [-0.4, -0.2) is 54.6 Å². The number of likely N-dealkylation sites (N-methyl/N-ethyl adjacent to an activating group) is 1. The van der Waals surface area contributed by atoms with Crippen molar-refractivity contribution in [3.63, 3.8) is 0 Å². The first-order chi connectivity index (χ1) is 11.1. The minimum absolute atomic E-state index is 0.00926. The maximum Gasteiger partial charge on any atom is 0.234 e. The molecule has 0 aliphatic rings. The third-order valence-electron chi connectivity index (χ3n) is 3.52. The molecule has 0 spiro atoms. The van der Waals surface area contributed by atoms with Crippen LogP contribution >= 0.6 is 0 Å². The number of aromatic nitrogens is 2. The highest BCUT2D eigenvalue weighted by Crippen LogP contribution is 2.13. The molecule has 0 saturated heterocycles. The molecule has 1 amide bonds. The molecule has 0 aliphatic heterocycles. The van der Waals surface area contributed by atoms with Crippen molar-refractivity contribution >= 4 is 16.9 Å². The third kappa shape index (κ3) is 5.26. The maximum absolute atomic E-state index is 11.9. The SMILES string of the molecule is COCCCNC(=O)CN(C)Cc1nc2ccccc2nc1C. The molecule has 23 heavy (non-hydrogen) atoms. The van der Waals surface area contributed by atoms with Gasteiger partial charge in [-0.1, -0.05) is 12.1 Å². The molecule has 0 atom stereocenters. The fourth-order valence-electron chi connectivity index (χ4n) is 2.33. The van der Waals surface area contributed by atoms with Crippen molar-refractivity contribution in [3.05, 3.63) is 35.7 Å². The van der Waals surface area contributed by atoms with Gasteiger partial charge in [-0.05, 0) is 32.5 Å². The monoisotopic (exact) mass is 316 g/mol. The third-order valence-corrected chi connectivity index (χ3v) is 3.52. The summed E-state index contributed by atoms with van der Waals surface area (Å²) in [4.78, 5) is 23.0. The van der Waals surface area contributed by atoms with Crippen molar-refractivity contribution in [1.82, 2.24) is 20.2 Å². The van der Waals surface area contributed by atoms with E-state index in [1.165, 1.54) is 0 Å². The second-order valence-corrected chi connectivity index (χ2v) is 5.61. The van der Waals surface area contributed by atoms with Gasteiger partial charge in [0, 0.05) is 26.8 Å². The average molecular weight is 316 g/mol. The summed E-state index contributed by atoms with van der Waals surface area (Å²) in [5.41, 5.74) is 3.58. The van der Waals surface area contributed by atoms with Gasteiger partial charge in [-0.25, -0.2) is 9.97 Å². The number of para-hydroxylation sites is 2. The maximum atomic E-state index is 11.9. The topological polar surface area (TPSA) is 67.3 Å². The summed E-state index contributed by atoms with van der Waals surface area (Å²) < 4.78 is 4.96. The molecule has 1 N–H and O–H groups in total. The Morgan fingerprint density at radius 2 is 1.96 bits per heavy atom. The number of hydrogen-bond donors (Lipinski definition) is 1. The first-order valence-corrected chi connectivity index (χ1v) is 7.76. The Morgan fingerprint density at radius 1 is 1.26 bits per heavy atom. The lowest BCUT2D eigenvalue weighted by Crippen LogP contribution is -2.35. The van der Waals surface area contributed by atoms with Gasteiger partial charge in [0.25, 0.3) is 0 Å². The number of methoxy groups -OCH3 is 1. The van der Waals surface area contributed by atoms with Gasteiger partial charge in [0.2, 0.25) is 5.91 Å². The Balaban J connectivity index is 1.91. The summed E-state index contributed by atoms with van der Waals surface area (Å²) >= 11 is 0.